The monoisotopic (exact) mass is 473 g/mol. The number of nitrogens with zero attached hydrogens (tertiary/aromatic N) is 2. The molecule has 1 aliphatic heterocycles. The van der Waals surface area contributed by atoms with Gasteiger partial charge in [0.1, 0.15) is 11.9 Å². The minimum Gasteiger partial charge on any atom is -0.469 e. The number of carbonyl (C=O) groups is 2. The standard InChI is InChI=1S/C23H24FN3O5S/c1-32-22(28)14-20(16-6-8-19(24)9-7-16)26-23(29)17-10-12-27(13-11-17)33(30,31)21-5-3-2-4-18(21)15-25/h2-9,17,20H,10-14H2,1H3,(H,26,29). The Morgan fingerprint density at radius 2 is 1.82 bits per heavy atom. The number of esters is 1. The first-order chi connectivity index (χ1) is 15.8. The van der Waals surface area contributed by atoms with E-state index in [-0.39, 0.29) is 48.7 Å². The summed E-state index contributed by atoms with van der Waals surface area (Å²) in [4.78, 5) is 24.7. The van der Waals surface area contributed by atoms with Crippen molar-refractivity contribution in [3.8, 4) is 6.07 Å². The van der Waals surface area contributed by atoms with Crippen LogP contribution in [0.5, 0.6) is 0 Å². The number of benzene rings is 2. The molecule has 1 atom stereocenters. The van der Waals surface area contributed by atoms with Crippen LogP contribution in [0.15, 0.2) is 53.4 Å². The summed E-state index contributed by atoms with van der Waals surface area (Å²) >= 11 is 0. The number of piperidine rings is 1. The molecular weight excluding hydrogens is 449 g/mol. The Balaban J connectivity index is 1.68. The number of halogens is 1. The molecule has 174 valence electrons. The summed E-state index contributed by atoms with van der Waals surface area (Å²) in [5, 5.41) is 12.0. The van der Waals surface area contributed by atoms with Gasteiger partial charge in [0, 0.05) is 19.0 Å². The number of ether oxygens (including phenoxy) is 1. The van der Waals surface area contributed by atoms with Crippen molar-refractivity contribution >= 4 is 21.9 Å². The Labute approximate surface area is 192 Å². The van der Waals surface area contributed by atoms with Gasteiger partial charge in [0.05, 0.1) is 30.0 Å². The Bertz CT molecular complexity index is 1150. The van der Waals surface area contributed by atoms with E-state index in [0.29, 0.717) is 5.56 Å². The molecule has 2 aromatic rings. The molecule has 1 fully saturated rings. The lowest BCUT2D eigenvalue weighted by Crippen LogP contribution is -2.44. The molecule has 10 heteroatoms. The van der Waals surface area contributed by atoms with Gasteiger partial charge >= 0.3 is 5.97 Å². The number of nitriles is 1. The zero-order valence-electron chi connectivity index (χ0n) is 18.0. The predicted octanol–water partition coefficient (Wildman–Crippen LogP) is 2.52. The fourth-order valence-corrected chi connectivity index (χ4v) is 5.38. The second-order valence-corrected chi connectivity index (χ2v) is 9.59. The highest BCUT2D eigenvalue weighted by Crippen LogP contribution is 2.27. The second kappa shape index (κ2) is 10.6. The summed E-state index contributed by atoms with van der Waals surface area (Å²) in [5.41, 5.74) is 0.630. The number of carbonyl (C=O) groups excluding carboxylic acids is 2. The zero-order valence-corrected chi connectivity index (χ0v) is 18.8. The van der Waals surface area contributed by atoms with E-state index < -0.39 is 33.8 Å². The van der Waals surface area contributed by atoms with Gasteiger partial charge in [-0.25, -0.2) is 12.8 Å². The van der Waals surface area contributed by atoms with Crippen LogP contribution in [-0.4, -0.2) is 44.8 Å². The van der Waals surface area contributed by atoms with Crippen LogP contribution in [0.25, 0.3) is 0 Å². The fraction of sp³-hybridized carbons (Fsp3) is 0.348. The van der Waals surface area contributed by atoms with Crippen LogP contribution in [-0.2, 0) is 24.3 Å². The molecule has 8 nitrogen and oxygen atoms in total. The van der Waals surface area contributed by atoms with E-state index in [4.69, 9.17) is 4.74 Å². The van der Waals surface area contributed by atoms with Crippen LogP contribution < -0.4 is 5.32 Å². The largest absolute Gasteiger partial charge is 0.469 e. The van der Waals surface area contributed by atoms with E-state index in [1.165, 1.54) is 47.8 Å². The molecule has 0 saturated carbocycles. The van der Waals surface area contributed by atoms with Gasteiger partial charge in [-0.1, -0.05) is 24.3 Å². The highest BCUT2D eigenvalue weighted by Gasteiger charge is 2.34. The lowest BCUT2D eigenvalue weighted by Gasteiger charge is -2.31. The van der Waals surface area contributed by atoms with Crippen molar-refractivity contribution in [1.29, 1.82) is 5.26 Å². The maximum atomic E-state index is 13.3. The Kier molecular flexibility index (Phi) is 7.79. The molecule has 1 saturated heterocycles. The van der Waals surface area contributed by atoms with Gasteiger partial charge in [0.2, 0.25) is 15.9 Å². The highest BCUT2D eigenvalue weighted by atomic mass is 32.2. The van der Waals surface area contributed by atoms with Crippen LogP contribution in [0, 0.1) is 23.1 Å². The number of rotatable bonds is 7. The summed E-state index contributed by atoms with van der Waals surface area (Å²) < 4.78 is 45.2. The number of nitrogens with one attached hydrogen (secondary N) is 1. The van der Waals surface area contributed by atoms with Crippen molar-refractivity contribution in [3.05, 3.63) is 65.5 Å². The molecule has 1 heterocycles. The van der Waals surface area contributed by atoms with Gasteiger partial charge in [-0.2, -0.15) is 9.57 Å². The Morgan fingerprint density at radius 1 is 1.18 bits per heavy atom. The van der Waals surface area contributed by atoms with Crippen molar-refractivity contribution in [2.24, 2.45) is 5.92 Å². The van der Waals surface area contributed by atoms with Gasteiger partial charge in [-0.15, -0.1) is 0 Å². The zero-order chi connectivity index (χ0) is 24.0. The molecule has 1 amide bonds. The van der Waals surface area contributed by atoms with Crippen molar-refractivity contribution in [3.63, 3.8) is 0 Å². The normalized spacial score (nSPS) is 15.9. The Morgan fingerprint density at radius 3 is 2.42 bits per heavy atom. The van der Waals surface area contributed by atoms with Gasteiger partial charge in [-0.3, -0.25) is 9.59 Å². The van der Waals surface area contributed by atoms with Crippen molar-refractivity contribution < 1.29 is 27.1 Å². The number of methoxy groups -OCH3 is 1. The molecule has 0 aromatic heterocycles. The third-order valence-corrected chi connectivity index (χ3v) is 7.59. The molecule has 0 spiro atoms. The van der Waals surface area contributed by atoms with Crippen LogP contribution >= 0.6 is 0 Å². The van der Waals surface area contributed by atoms with E-state index in [1.54, 1.807) is 12.1 Å². The van der Waals surface area contributed by atoms with E-state index >= 15 is 0 Å². The first-order valence-corrected chi connectivity index (χ1v) is 11.8. The summed E-state index contributed by atoms with van der Waals surface area (Å²) in [7, 11) is -2.62. The minimum atomic E-state index is -3.86. The molecule has 2 aromatic carbocycles. The first kappa shape index (κ1) is 24.4. The predicted molar refractivity (Wildman–Crippen MR) is 117 cm³/mol. The van der Waals surface area contributed by atoms with Crippen molar-refractivity contribution in [2.45, 2.75) is 30.2 Å². The van der Waals surface area contributed by atoms with E-state index in [9.17, 15) is 27.7 Å². The molecular formula is C23H24FN3O5S. The molecule has 0 aliphatic carbocycles. The summed E-state index contributed by atoms with van der Waals surface area (Å²) in [5.74, 6) is -1.74. The quantitative estimate of drug-likeness (QED) is 0.618. The number of sulfonamides is 1. The van der Waals surface area contributed by atoms with Crippen LogP contribution in [0.3, 0.4) is 0 Å². The molecule has 1 unspecified atom stereocenters. The van der Waals surface area contributed by atoms with Gasteiger partial charge in [-0.05, 0) is 42.7 Å². The SMILES string of the molecule is COC(=O)CC(NC(=O)C1CCN(S(=O)(=O)c2ccccc2C#N)CC1)c1ccc(F)cc1. The third-order valence-electron chi connectivity index (χ3n) is 5.64. The van der Waals surface area contributed by atoms with Crippen LogP contribution in [0.2, 0.25) is 0 Å². The number of amides is 1. The molecule has 3 rings (SSSR count). The molecule has 1 N–H and O–H groups in total. The van der Waals surface area contributed by atoms with E-state index in [2.05, 4.69) is 5.32 Å². The molecule has 0 bridgehead atoms. The summed E-state index contributed by atoms with van der Waals surface area (Å²) in [6, 6.07) is 12.7. The lowest BCUT2D eigenvalue weighted by molar-refractivity contribution is -0.141. The van der Waals surface area contributed by atoms with Gasteiger partial charge in [0.25, 0.3) is 0 Å². The smallest absolute Gasteiger partial charge is 0.307 e. The van der Waals surface area contributed by atoms with E-state index in [0.717, 1.165) is 0 Å². The van der Waals surface area contributed by atoms with Gasteiger partial charge in [0.15, 0.2) is 0 Å². The van der Waals surface area contributed by atoms with Crippen LogP contribution in [0.4, 0.5) is 4.39 Å². The lowest BCUT2D eigenvalue weighted by atomic mass is 9.95. The topological polar surface area (TPSA) is 117 Å². The van der Waals surface area contributed by atoms with Crippen molar-refractivity contribution in [2.75, 3.05) is 20.2 Å². The van der Waals surface area contributed by atoms with Crippen molar-refractivity contribution in [1.82, 2.24) is 9.62 Å². The number of hydrogen-bond acceptors (Lipinski definition) is 6. The number of hydrogen-bond donors (Lipinski definition) is 1. The van der Waals surface area contributed by atoms with Crippen LogP contribution in [0.1, 0.15) is 36.4 Å². The third kappa shape index (κ3) is 5.74. The average Bonchev–Trinajstić information content (AvgIpc) is 2.84. The summed E-state index contributed by atoms with van der Waals surface area (Å²) in [6.45, 7) is 0.247. The molecule has 1 aliphatic rings. The van der Waals surface area contributed by atoms with Gasteiger partial charge < -0.3 is 10.1 Å². The Hall–Kier alpha value is -3.29. The average molecular weight is 474 g/mol. The molecule has 0 radical (unpaired) electrons. The maximum absolute atomic E-state index is 13.3. The maximum Gasteiger partial charge on any atom is 0.307 e. The summed E-state index contributed by atoms with van der Waals surface area (Å²) in [6.07, 6.45) is 0.453. The fourth-order valence-electron chi connectivity index (χ4n) is 3.77. The molecule has 33 heavy (non-hydrogen) atoms. The minimum absolute atomic E-state index is 0.0511. The first-order valence-electron chi connectivity index (χ1n) is 10.4. The second-order valence-electron chi connectivity index (χ2n) is 7.68. The van der Waals surface area contributed by atoms with E-state index in [1.807, 2.05) is 6.07 Å². The highest BCUT2D eigenvalue weighted by molar-refractivity contribution is 7.89.